The van der Waals surface area contributed by atoms with Crippen molar-refractivity contribution in [3.63, 3.8) is 0 Å². The quantitative estimate of drug-likeness (QED) is 0.585. The highest BCUT2D eigenvalue weighted by molar-refractivity contribution is 6.32. The largest absolute Gasteiger partial charge is 0.330 e. The molecule has 0 aliphatic carbocycles. The van der Waals surface area contributed by atoms with E-state index in [4.69, 9.17) is 11.6 Å². The number of nitro benzene ring substituents is 1. The maximum absolute atomic E-state index is 12.8. The van der Waals surface area contributed by atoms with Crippen molar-refractivity contribution >= 4 is 28.9 Å². The van der Waals surface area contributed by atoms with Gasteiger partial charge in [-0.1, -0.05) is 48.9 Å². The van der Waals surface area contributed by atoms with Gasteiger partial charge in [0.15, 0.2) is 6.04 Å². The molecule has 0 saturated heterocycles. The molecule has 132 valence electrons. The minimum atomic E-state index is -0.571. The van der Waals surface area contributed by atoms with Crippen molar-refractivity contribution in [1.29, 1.82) is 0 Å². The molecule has 0 spiro atoms. The molecule has 7 heteroatoms. The van der Waals surface area contributed by atoms with Crippen LogP contribution in [0.4, 0.5) is 11.4 Å². The van der Waals surface area contributed by atoms with E-state index < -0.39 is 11.0 Å². The molecule has 0 unspecified atom stereocenters. The molecule has 0 radical (unpaired) electrons. The standard InChI is InChI=1S/C18H20ClN3O3/c1-3-12(2)20-17(13-7-5-4-6-8-13)18(23)21-14-9-10-15(19)16(11-14)22(24)25/h4-12,17,20H,3H2,1-2H3,(H,21,23)/p+1/t12-,17+/m0/s1. The molecular weight excluding hydrogens is 342 g/mol. The topological polar surface area (TPSA) is 88.8 Å². The van der Waals surface area contributed by atoms with Crippen LogP contribution in [0.2, 0.25) is 5.02 Å². The van der Waals surface area contributed by atoms with Gasteiger partial charge in [-0.2, -0.15) is 0 Å². The van der Waals surface area contributed by atoms with Crippen LogP contribution in [0.3, 0.4) is 0 Å². The van der Waals surface area contributed by atoms with E-state index in [9.17, 15) is 14.9 Å². The average molecular weight is 363 g/mol. The molecule has 0 aromatic heterocycles. The Kier molecular flexibility index (Phi) is 6.50. The summed E-state index contributed by atoms with van der Waals surface area (Å²) in [6, 6.07) is 13.5. The van der Waals surface area contributed by atoms with Crippen LogP contribution in [0.15, 0.2) is 48.5 Å². The number of nitrogens with two attached hydrogens (primary N) is 1. The number of carbonyl (C=O) groups is 1. The number of quaternary nitrogens is 1. The zero-order chi connectivity index (χ0) is 18.4. The van der Waals surface area contributed by atoms with E-state index in [1.807, 2.05) is 35.6 Å². The second-order valence-electron chi connectivity index (χ2n) is 5.88. The van der Waals surface area contributed by atoms with Crippen LogP contribution >= 0.6 is 11.6 Å². The number of carbonyl (C=O) groups excluding carboxylic acids is 1. The highest BCUT2D eigenvalue weighted by atomic mass is 35.5. The molecule has 2 aromatic rings. The first-order valence-electron chi connectivity index (χ1n) is 8.07. The number of anilines is 1. The molecular formula is C18H21ClN3O3+. The third kappa shape index (κ3) is 5.01. The summed E-state index contributed by atoms with van der Waals surface area (Å²) in [6.45, 7) is 4.11. The molecule has 2 aromatic carbocycles. The lowest BCUT2D eigenvalue weighted by molar-refractivity contribution is -0.712. The van der Waals surface area contributed by atoms with Crippen LogP contribution in [0.25, 0.3) is 0 Å². The lowest BCUT2D eigenvalue weighted by Crippen LogP contribution is -2.91. The molecule has 1 amide bonds. The second-order valence-corrected chi connectivity index (χ2v) is 6.29. The molecule has 6 nitrogen and oxygen atoms in total. The number of halogens is 1. The molecule has 0 fully saturated rings. The van der Waals surface area contributed by atoms with E-state index in [-0.39, 0.29) is 22.7 Å². The zero-order valence-corrected chi connectivity index (χ0v) is 14.9. The van der Waals surface area contributed by atoms with E-state index in [0.717, 1.165) is 12.0 Å². The van der Waals surface area contributed by atoms with Crippen molar-refractivity contribution in [3.8, 4) is 0 Å². The van der Waals surface area contributed by atoms with Crippen molar-refractivity contribution in [2.24, 2.45) is 0 Å². The number of nitrogens with one attached hydrogen (secondary N) is 1. The summed E-state index contributed by atoms with van der Waals surface area (Å²) < 4.78 is 0. The average Bonchev–Trinajstić information content (AvgIpc) is 2.61. The molecule has 2 rings (SSSR count). The number of nitro groups is 1. The van der Waals surface area contributed by atoms with Crippen LogP contribution in [0.1, 0.15) is 31.9 Å². The van der Waals surface area contributed by atoms with Gasteiger partial charge in [-0.15, -0.1) is 0 Å². The van der Waals surface area contributed by atoms with Crippen LogP contribution in [0, 0.1) is 10.1 Å². The number of hydrogen-bond donors (Lipinski definition) is 2. The maximum atomic E-state index is 12.8. The Hall–Kier alpha value is -2.44. The Labute approximate surface area is 151 Å². The minimum absolute atomic E-state index is 0.0359. The Morgan fingerprint density at radius 3 is 2.56 bits per heavy atom. The third-order valence-corrected chi connectivity index (χ3v) is 4.34. The molecule has 0 aliphatic heterocycles. The van der Waals surface area contributed by atoms with Crippen LogP contribution in [-0.2, 0) is 4.79 Å². The summed E-state index contributed by atoms with van der Waals surface area (Å²) in [6.07, 6.45) is 0.920. The third-order valence-electron chi connectivity index (χ3n) is 4.02. The van der Waals surface area contributed by atoms with Crippen molar-refractivity contribution in [1.82, 2.24) is 0 Å². The fourth-order valence-corrected chi connectivity index (χ4v) is 2.61. The Bertz CT molecular complexity index is 752. The van der Waals surface area contributed by atoms with Crippen LogP contribution < -0.4 is 10.6 Å². The van der Waals surface area contributed by atoms with Crippen molar-refractivity contribution in [2.45, 2.75) is 32.4 Å². The molecule has 2 atom stereocenters. The smallest absolute Gasteiger partial charge is 0.289 e. The monoisotopic (exact) mass is 362 g/mol. The van der Waals surface area contributed by atoms with Gasteiger partial charge < -0.3 is 10.6 Å². The van der Waals surface area contributed by atoms with Crippen molar-refractivity contribution in [3.05, 3.63) is 69.2 Å². The van der Waals surface area contributed by atoms with Gasteiger partial charge in [-0.3, -0.25) is 14.9 Å². The van der Waals surface area contributed by atoms with Gasteiger partial charge in [-0.25, -0.2) is 0 Å². The van der Waals surface area contributed by atoms with Gasteiger partial charge >= 0.3 is 0 Å². The van der Waals surface area contributed by atoms with Gasteiger partial charge in [0.05, 0.1) is 11.0 Å². The van der Waals surface area contributed by atoms with Gasteiger partial charge in [0.1, 0.15) is 5.02 Å². The molecule has 25 heavy (non-hydrogen) atoms. The van der Waals surface area contributed by atoms with Gasteiger partial charge in [0.25, 0.3) is 11.6 Å². The van der Waals surface area contributed by atoms with Crippen molar-refractivity contribution in [2.75, 3.05) is 5.32 Å². The number of amides is 1. The molecule has 0 bridgehead atoms. The van der Waals surface area contributed by atoms with Gasteiger partial charge in [-0.05, 0) is 25.5 Å². The minimum Gasteiger partial charge on any atom is -0.330 e. The lowest BCUT2D eigenvalue weighted by Gasteiger charge is -2.19. The fourth-order valence-electron chi connectivity index (χ4n) is 2.43. The van der Waals surface area contributed by atoms with Gasteiger partial charge in [0.2, 0.25) is 0 Å². The first-order valence-corrected chi connectivity index (χ1v) is 8.45. The van der Waals surface area contributed by atoms with E-state index in [1.165, 1.54) is 12.1 Å². The molecule has 3 N–H and O–H groups in total. The SMILES string of the molecule is CC[C@H](C)[NH2+][C@@H](C(=O)Nc1ccc(Cl)c([N+](=O)[O-])c1)c1ccccc1. The van der Waals surface area contributed by atoms with Crippen LogP contribution in [-0.4, -0.2) is 16.9 Å². The van der Waals surface area contributed by atoms with E-state index >= 15 is 0 Å². The Morgan fingerprint density at radius 1 is 1.28 bits per heavy atom. The molecule has 0 aliphatic rings. The van der Waals surface area contributed by atoms with E-state index in [2.05, 4.69) is 19.2 Å². The summed E-state index contributed by atoms with van der Waals surface area (Å²) in [4.78, 5) is 23.2. The predicted octanol–water partition coefficient (Wildman–Crippen LogP) is 3.29. The summed E-state index contributed by atoms with van der Waals surface area (Å²) >= 11 is 5.81. The molecule has 0 heterocycles. The summed E-state index contributed by atoms with van der Waals surface area (Å²) in [7, 11) is 0. The summed E-state index contributed by atoms with van der Waals surface area (Å²) in [5.74, 6) is -0.233. The van der Waals surface area contributed by atoms with Crippen molar-refractivity contribution < 1.29 is 15.0 Å². The number of hydrogen-bond acceptors (Lipinski definition) is 3. The Balaban J connectivity index is 2.25. The molecule has 0 saturated carbocycles. The number of benzene rings is 2. The first kappa shape index (κ1) is 18.9. The maximum Gasteiger partial charge on any atom is 0.289 e. The second kappa shape index (κ2) is 8.60. The summed E-state index contributed by atoms with van der Waals surface area (Å²) in [5, 5.41) is 15.8. The lowest BCUT2D eigenvalue weighted by atomic mass is 10.0. The highest BCUT2D eigenvalue weighted by Gasteiger charge is 2.26. The van der Waals surface area contributed by atoms with Gasteiger partial charge in [0, 0.05) is 17.3 Å². The summed E-state index contributed by atoms with van der Waals surface area (Å²) in [5.41, 5.74) is 0.991. The zero-order valence-electron chi connectivity index (χ0n) is 14.1. The first-order chi connectivity index (χ1) is 11.9. The normalized spacial score (nSPS) is 13.1. The van der Waals surface area contributed by atoms with Crippen LogP contribution in [0.5, 0.6) is 0 Å². The number of nitrogens with zero attached hydrogens (tertiary/aromatic N) is 1. The van der Waals surface area contributed by atoms with E-state index in [1.54, 1.807) is 6.07 Å². The highest BCUT2D eigenvalue weighted by Crippen LogP contribution is 2.27. The fraction of sp³-hybridized carbons (Fsp3) is 0.278. The van der Waals surface area contributed by atoms with E-state index in [0.29, 0.717) is 5.69 Å². The Morgan fingerprint density at radius 2 is 1.96 bits per heavy atom. The number of rotatable bonds is 7. The predicted molar refractivity (Wildman–Crippen MR) is 97.6 cm³/mol.